The summed E-state index contributed by atoms with van der Waals surface area (Å²) in [6.07, 6.45) is 0. The average molecular weight is 391 g/mol. The van der Waals surface area contributed by atoms with Crippen molar-refractivity contribution in [2.75, 3.05) is 5.75 Å². The van der Waals surface area contributed by atoms with Crippen molar-refractivity contribution >= 4 is 34.0 Å². The zero-order valence-corrected chi connectivity index (χ0v) is 15.6. The summed E-state index contributed by atoms with van der Waals surface area (Å²) in [5.74, 6) is -0.0511. The van der Waals surface area contributed by atoms with Crippen LogP contribution in [0.3, 0.4) is 0 Å². The normalized spacial score (nSPS) is 12.8. The third kappa shape index (κ3) is 3.80. The zero-order chi connectivity index (χ0) is 17.9. The van der Waals surface area contributed by atoms with Gasteiger partial charge in [0.1, 0.15) is 5.60 Å². The first-order chi connectivity index (χ1) is 12.0. The lowest BCUT2D eigenvalue weighted by Crippen LogP contribution is -2.34. The highest BCUT2D eigenvalue weighted by atomic mass is 35.5. The van der Waals surface area contributed by atoms with Gasteiger partial charge >= 0.3 is 0 Å². The van der Waals surface area contributed by atoms with Crippen molar-refractivity contribution in [1.82, 2.24) is 0 Å². The topological polar surface area (TPSA) is 37.3 Å². The standard InChI is InChI=1S/C20H16Cl2O2S/c21-17-12-7-13-18(22)19(17)25(24)14-20(23,15-8-3-1-4-9-15)16-10-5-2-6-11-16/h1-13,23H,14H2/t25-/m1/s1. The number of aliphatic hydroxyl groups is 1. The van der Waals surface area contributed by atoms with Gasteiger partial charge < -0.3 is 5.11 Å². The Morgan fingerprint density at radius 1 is 0.760 bits per heavy atom. The van der Waals surface area contributed by atoms with Gasteiger partial charge in [0.25, 0.3) is 0 Å². The van der Waals surface area contributed by atoms with Crippen molar-refractivity contribution in [1.29, 1.82) is 0 Å². The second-order valence-electron chi connectivity index (χ2n) is 5.63. The fourth-order valence-corrected chi connectivity index (χ4v) is 5.06. The molecule has 0 amide bonds. The van der Waals surface area contributed by atoms with Gasteiger partial charge in [-0.2, -0.15) is 0 Å². The molecule has 3 aromatic rings. The van der Waals surface area contributed by atoms with E-state index in [2.05, 4.69) is 0 Å². The molecule has 3 rings (SSSR count). The Morgan fingerprint density at radius 3 is 1.64 bits per heavy atom. The molecule has 0 aliphatic rings. The van der Waals surface area contributed by atoms with Gasteiger partial charge in [-0.25, -0.2) is 0 Å². The van der Waals surface area contributed by atoms with Gasteiger partial charge in [-0.05, 0) is 23.3 Å². The molecule has 5 heteroatoms. The molecule has 128 valence electrons. The highest BCUT2D eigenvalue weighted by molar-refractivity contribution is 7.85. The summed E-state index contributed by atoms with van der Waals surface area (Å²) in [5, 5.41) is 12.1. The molecule has 0 aromatic heterocycles. The minimum atomic E-state index is -1.59. The summed E-state index contributed by atoms with van der Waals surface area (Å²) >= 11 is 12.4. The molecule has 0 heterocycles. The molecule has 0 fully saturated rings. The highest BCUT2D eigenvalue weighted by Gasteiger charge is 2.34. The molecule has 0 saturated carbocycles. The third-order valence-electron chi connectivity index (χ3n) is 3.99. The molecular weight excluding hydrogens is 375 g/mol. The third-order valence-corrected chi connectivity index (χ3v) is 6.42. The van der Waals surface area contributed by atoms with E-state index in [1.165, 1.54) is 0 Å². The molecule has 0 spiro atoms. The molecule has 1 N–H and O–H groups in total. The van der Waals surface area contributed by atoms with Crippen molar-refractivity contribution < 1.29 is 9.32 Å². The Morgan fingerprint density at radius 2 is 1.20 bits per heavy atom. The van der Waals surface area contributed by atoms with E-state index in [1.807, 2.05) is 60.7 Å². The lowest BCUT2D eigenvalue weighted by atomic mass is 9.88. The summed E-state index contributed by atoms with van der Waals surface area (Å²) < 4.78 is 13.0. The first kappa shape index (κ1) is 18.2. The number of halogens is 2. The van der Waals surface area contributed by atoms with Gasteiger partial charge in [0.15, 0.2) is 0 Å². The molecule has 3 aromatic carbocycles. The van der Waals surface area contributed by atoms with E-state index < -0.39 is 16.4 Å². The minimum absolute atomic E-state index is 0.0511. The van der Waals surface area contributed by atoms with Crippen LogP contribution >= 0.6 is 23.2 Å². The van der Waals surface area contributed by atoms with E-state index in [1.54, 1.807) is 18.2 Å². The Hall–Kier alpha value is -1.65. The average Bonchev–Trinajstić information content (AvgIpc) is 2.63. The summed E-state index contributed by atoms with van der Waals surface area (Å²) in [6, 6.07) is 23.4. The maximum atomic E-state index is 13.0. The second kappa shape index (κ2) is 7.71. The number of benzene rings is 3. The minimum Gasteiger partial charge on any atom is -0.379 e. The Balaban J connectivity index is 2.06. The van der Waals surface area contributed by atoms with E-state index in [4.69, 9.17) is 23.2 Å². The van der Waals surface area contributed by atoms with Crippen LogP contribution in [0, 0.1) is 0 Å². The number of hydrogen-bond acceptors (Lipinski definition) is 2. The van der Waals surface area contributed by atoms with Crippen molar-refractivity contribution in [3.63, 3.8) is 0 Å². The van der Waals surface area contributed by atoms with Gasteiger partial charge in [-0.3, -0.25) is 4.21 Å². The summed E-state index contributed by atoms with van der Waals surface area (Å²) in [7, 11) is -1.59. The van der Waals surface area contributed by atoms with Crippen LogP contribution < -0.4 is 0 Å². The van der Waals surface area contributed by atoms with Crippen LogP contribution in [0.4, 0.5) is 0 Å². The van der Waals surface area contributed by atoms with Gasteiger partial charge in [-0.1, -0.05) is 89.9 Å². The smallest absolute Gasteiger partial charge is 0.126 e. The Kier molecular flexibility index (Phi) is 5.60. The molecule has 0 unspecified atom stereocenters. The molecule has 2 nitrogen and oxygen atoms in total. The fourth-order valence-electron chi connectivity index (χ4n) is 2.72. The summed E-state index contributed by atoms with van der Waals surface area (Å²) in [6.45, 7) is 0. The SMILES string of the molecule is O=[S@](CC(O)(c1ccccc1)c1ccccc1)c1c(Cl)cccc1Cl. The van der Waals surface area contributed by atoms with Crippen molar-refractivity contribution in [2.45, 2.75) is 10.5 Å². The van der Waals surface area contributed by atoms with Crippen LogP contribution in [-0.2, 0) is 16.4 Å². The first-order valence-electron chi connectivity index (χ1n) is 7.68. The first-order valence-corrected chi connectivity index (χ1v) is 9.75. The molecule has 0 aliphatic carbocycles. The molecule has 0 bridgehead atoms. The molecule has 25 heavy (non-hydrogen) atoms. The lowest BCUT2D eigenvalue weighted by Gasteiger charge is -2.29. The molecule has 1 atom stereocenters. The maximum absolute atomic E-state index is 13.0. The largest absolute Gasteiger partial charge is 0.379 e. The zero-order valence-electron chi connectivity index (χ0n) is 13.2. The maximum Gasteiger partial charge on any atom is 0.126 e. The van der Waals surface area contributed by atoms with Crippen LogP contribution in [0.5, 0.6) is 0 Å². The van der Waals surface area contributed by atoms with E-state index in [0.29, 0.717) is 26.1 Å². The Labute approximate surface area is 159 Å². The van der Waals surface area contributed by atoms with Crippen LogP contribution in [-0.4, -0.2) is 15.1 Å². The van der Waals surface area contributed by atoms with Crippen LogP contribution in [0.25, 0.3) is 0 Å². The van der Waals surface area contributed by atoms with Crippen LogP contribution in [0.15, 0.2) is 83.8 Å². The van der Waals surface area contributed by atoms with Crippen LogP contribution in [0.1, 0.15) is 11.1 Å². The van der Waals surface area contributed by atoms with Gasteiger partial charge in [0.05, 0.1) is 31.5 Å². The van der Waals surface area contributed by atoms with Gasteiger partial charge in [-0.15, -0.1) is 0 Å². The molecule has 0 radical (unpaired) electrons. The second-order valence-corrected chi connectivity index (χ2v) is 7.84. The number of hydrogen-bond donors (Lipinski definition) is 1. The van der Waals surface area contributed by atoms with Gasteiger partial charge in [0, 0.05) is 0 Å². The summed E-state index contributed by atoms with van der Waals surface area (Å²) in [5.41, 5.74) is -0.0916. The van der Waals surface area contributed by atoms with Crippen molar-refractivity contribution in [3.05, 3.63) is 100 Å². The van der Waals surface area contributed by atoms with Crippen molar-refractivity contribution in [3.8, 4) is 0 Å². The predicted octanol–water partition coefficient (Wildman–Crippen LogP) is 5.04. The molecule has 0 aliphatic heterocycles. The Bertz CT molecular complexity index is 823. The quantitative estimate of drug-likeness (QED) is 0.662. The lowest BCUT2D eigenvalue weighted by molar-refractivity contribution is 0.106. The van der Waals surface area contributed by atoms with Gasteiger partial charge in [0.2, 0.25) is 0 Å². The highest BCUT2D eigenvalue weighted by Crippen LogP contribution is 2.35. The molecule has 0 saturated heterocycles. The number of rotatable bonds is 5. The van der Waals surface area contributed by atoms with E-state index in [9.17, 15) is 9.32 Å². The van der Waals surface area contributed by atoms with E-state index in [0.717, 1.165) is 0 Å². The van der Waals surface area contributed by atoms with Crippen molar-refractivity contribution in [2.24, 2.45) is 0 Å². The monoisotopic (exact) mass is 390 g/mol. The predicted molar refractivity (Wildman–Crippen MR) is 104 cm³/mol. The van der Waals surface area contributed by atoms with E-state index in [-0.39, 0.29) is 5.75 Å². The molecular formula is C20H16Cl2O2S. The van der Waals surface area contributed by atoms with Crippen LogP contribution in [0.2, 0.25) is 10.0 Å². The van der Waals surface area contributed by atoms with E-state index >= 15 is 0 Å². The fraction of sp³-hybridized carbons (Fsp3) is 0.100. The summed E-state index contributed by atoms with van der Waals surface area (Å²) in [4.78, 5) is 0.344.